The summed E-state index contributed by atoms with van der Waals surface area (Å²) in [5, 5.41) is 2.79. The number of hydrogen-bond acceptors (Lipinski definition) is 3. The fourth-order valence-corrected chi connectivity index (χ4v) is 1.36. The first-order valence-corrected chi connectivity index (χ1v) is 5.71. The molecule has 96 valence electrons. The van der Waals surface area contributed by atoms with E-state index in [1.165, 1.54) is 7.11 Å². The summed E-state index contributed by atoms with van der Waals surface area (Å²) in [6.07, 6.45) is -0.498. The summed E-state index contributed by atoms with van der Waals surface area (Å²) >= 11 is 0. The number of amides is 1. The Labute approximate surface area is 108 Å². The van der Waals surface area contributed by atoms with Crippen LogP contribution in [-0.2, 0) is 9.53 Å². The molecule has 1 amide bonds. The summed E-state index contributed by atoms with van der Waals surface area (Å²) < 4.78 is 4.96. The predicted octanol–water partition coefficient (Wildman–Crippen LogP) is 1.28. The summed E-state index contributed by atoms with van der Waals surface area (Å²) in [5.41, 5.74) is 7.87. The molecule has 1 atom stereocenters. The molecule has 0 radical (unpaired) electrons. The van der Waals surface area contributed by atoms with Crippen LogP contribution in [0.4, 0.5) is 5.69 Å². The van der Waals surface area contributed by atoms with Gasteiger partial charge in [0.2, 0.25) is 0 Å². The van der Waals surface area contributed by atoms with Crippen LogP contribution in [0.5, 0.6) is 0 Å². The number of carbonyl (C=O) groups excluding carboxylic acids is 1. The van der Waals surface area contributed by atoms with E-state index in [1.807, 2.05) is 25.1 Å². The SMILES string of the molecule is COC(C)C(=O)Nc1ccc(C)cc1C#CCN. The van der Waals surface area contributed by atoms with E-state index in [-0.39, 0.29) is 12.5 Å². The summed E-state index contributed by atoms with van der Waals surface area (Å²) in [5.74, 6) is 5.53. The zero-order valence-corrected chi connectivity index (χ0v) is 10.9. The minimum atomic E-state index is -0.498. The first-order valence-electron chi connectivity index (χ1n) is 5.71. The number of aryl methyl sites for hydroxylation is 1. The lowest BCUT2D eigenvalue weighted by Gasteiger charge is -2.12. The van der Waals surface area contributed by atoms with Gasteiger partial charge in [-0.3, -0.25) is 4.79 Å². The van der Waals surface area contributed by atoms with Gasteiger partial charge in [0.05, 0.1) is 12.2 Å². The number of benzene rings is 1. The van der Waals surface area contributed by atoms with Crippen LogP contribution in [-0.4, -0.2) is 25.7 Å². The molecule has 3 N–H and O–H groups in total. The molecule has 0 fully saturated rings. The van der Waals surface area contributed by atoms with Crippen molar-refractivity contribution >= 4 is 11.6 Å². The number of ether oxygens (including phenoxy) is 1. The van der Waals surface area contributed by atoms with Gasteiger partial charge in [-0.05, 0) is 31.5 Å². The van der Waals surface area contributed by atoms with Crippen molar-refractivity contribution in [3.05, 3.63) is 29.3 Å². The lowest BCUT2D eigenvalue weighted by Crippen LogP contribution is -2.26. The highest BCUT2D eigenvalue weighted by Crippen LogP contribution is 2.16. The molecule has 0 bridgehead atoms. The Morgan fingerprint density at radius 3 is 2.89 bits per heavy atom. The Balaban J connectivity index is 2.97. The van der Waals surface area contributed by atoms with Gasteiger partial charge < -0.3 is 15.8 Å². The molecule has 1 aromatic carbocycles. The average molecular weight is 246 g/mol. The molecule has 4 heteroatoms. The maximum absolute atomic E-state index is 11.7. The van der Waals surface area contributed by atoms with E-state index in [1.54, 1.807) is 6.92 Å². The highest BCUT2D eigenvalue weighted by Gasteiger charge is 2.12. The van der Waals surface area contributed by atoms with Crippen molar-refractivity contribution in [2.75, 3.05) is 19.0 Å². The maximum Gasteiger partial charge on any atom is 0.253 e. The number of carbonyl (C=O) groups is 1. The monoisotopic (exact) mass is 246 g/mol. The molecule has 1 rings (SSSR count). The molecule has 0 saturated heterocycles. The standard InChI is InChI=1S/C14H18N2O2/c1-10-6-7-13(12(9-10)5-4-8-15)16-14(17)11(2)18-3/h6-7,9,11H,8,15H2,1-3H3,(H,16,17). The molecule has 0 aromatic heterocycles. The van der Waals surface area contributed by atoms with Crippen molar-refractivity contribution in [1.29, 1.82) is 0 Å². The molecule has 0 aliphatic carbocycles. The largest absolute Gasteiger partial charge is 0.372 e. The third-order valence-electron chi connectivity index (χ3n) is 2.48. The summed E-state index contributed by atoms with van der Waals surface area (Å²) in [7, 11) is 1.49. The van der Waals surface area contributed by atoms with Gasteiger partial charge in [-0.2, -0.15) is 0 Å². The van der Waals surface area contributed by atoms with Gasteiger partial charge in [0.15, 0.2) is 0 Å². The number of hydrogen-bond donors (Lipinski definition) is 2. The molecule has 0 aliphatic heterocycles. The van der Waals surface area contributed by atoms with Crippen LogP contribution in [0.1, 0.15) is 18.1 Å². The van der Waals surface area contributed by atoms with Crippen molar-refractivity contribution < 1.29 is 9.53 Å². The summed E-state index contributed by atoms with van der Waals surface area (Å²) in [4.78, 5) is 11.7. The summed E-state index contributed by atoms with van der Waals surface area (Å²) in [6, 6.07) is 5.66. The van der Waals surface area contributed by atoms with Crippen LogP contribution in [0.25, 0.3) is 0 Å². The van der Waals surface area contributed by atoms with Crippen LogP contribution >= 0.6 is 0 Å². The number of anilines is 1. The Bertz CT molecular complexity index is 486. The molecule has 0 spiro atoms. The lowest BCUT2D eigenvalue weighted by atomic mass is 10.1. The molecule has 0 aliphatic rings. The first-order chi connectivity index (χ1) is 8.58. The molecule has 4 nitrogen and oxygen atoms in total. The van der Waals surface area contributed by atoms with Crippen molar-refractivity contribution in [1.82, 2.24) is 0 Å². The predicted molar refractivity (Wildman–Crippen MR) is 72.2 cm³/mol. The van der Waals surface area contributed by atoms with Crippen LogP contribution in [0.2, 0.25) is 0 Å². The lowest BCUT2D eigenvalue weighted by molar-refractivity contribution is -0.124. The molecule has 0 saturated carbocycles. The second-order valence-electron chi connectivity index (χ2n) is 3.92. The van der Waals surface area contributed by atoms with Gasteiger partial charge in [-0.1, -0.05) is 17.9 Å². The molecular formula is C14H18N2O2. The Hall–Kier alpha value is -1.83. The highest BCUT2D eigenvalue weighted by molar-refractivity contribution is 5.95. The van der Waals surface area contributed by atoms with Crippen molar-refractivity contribution in [3.63, 3.8) is 0 Å². The zero-order chi connectivity index (χ0) is 13.5. The van der Waals surface area contributed by atoms with E-state index in [0.29, 0.717) is 5.69 Å². The van der Waals surface area contributed by atoms with E-state index < -0.39 is 6.10 Å². The second kappa shape index (κ2) is 6.80. The maximum atomic E-state index is 11.7. The average Bonchev–Trinajstić information content (AvgIpc) is 2.37. The Kier molecular flexibility index (Phi) is 5.37. The fraction of sp³-hybridized carbons (Fsp3) is 0.357. The smallest absolute Gasteiger partial charge is 0.253 e. The topological polar surface area (TPSA) is 64.3 Å². The molecule has 1 aromatic rings. The van der Waals surface area contributed by atoms with Gasteiger partial charge >= 0.3 is 0 Å². The van der Waals surface area contributed by atoms with Crippen molar-refractivity contribution in [2.24, 2.45) is 5.73 Å². The number of methoxy groups -OCH3 is 1. The molecule has 18 heavy (non-hydrogen) atoms. The number of rotatable bonds is 3. The third kappa shape index (κ3) is 3.88. The minimum absolute atomic E-state index is 0.197. The number of nitrogens with two attached hydrogens (primary N) is 1. The minimum Gasteiger partial charge on any atom is -0.372 e. The van der Waals surface area contributed by atoms with Gasteiger partial charge in [-0.25, -0.2) is 0 Å². The van der Waals surface area contributed by atoms with Gasteiger partial charge in [0.1, 0.15) is 6.10 Å². The normalized spacial score (nSPS) is 11.3. The first kappa shape index (κ1) is 14.2. The Morgan fingerprint density at radius 2 is 2.28 bits per heavy atom. The Morgan fingerprint density at radius 1 is 1.56 bits per heavy atom. The van der Waals surface area contributed by atoms with Crippen LogP contribution in [0.15, 0.2) is 18.2 Å². The van der Waals surface area contributed by atoms with Gasteiger partial charge in [0.25, 0.3) is 5.91 Å². The fourth-order valence-electron chi connectivity index (χ4n) is 1.36. The van der Waals surface area contributed by atoms with Crippen molar-refractivity contribution in [2.45, 2.75) is 20.0 Å². The molecule has 0 heterocycles. The second-order valence-corrected chi connectivity index (χ2v) is 3.92. The van der Waals surface area contributed by atoms with E-state index in [4.69, 9.17) is 10.5 Å². The zero-order valence-electron chi connectivity index (χ0n) is 10.9. The van der Waals surface area contributed by atoms with E-state index >= 15 is 0 Å². The van der Waals surface area contributed by atoms with E-state index in [0.717, 1.165) is 11.1 Å². The quantitative estimate of drug-likeness (QED) is 0.790. The summed E-state index contributed by atoms with van der Waals surface area (Å²) in [6.45, 7) is 3.95. The van der Waals surface area contributed by atoms with Crippen LogP contribution in [0.3, 0.4) is 0 Å². The van der Waals surface area contributed by atoms with Gasteiger partial charge in [0, 0.05) is 12.7 Å². The van der Waals surface area contributed by atoms with Crippen LogP contribution < -0.4 is 11.1 Å². The van der Waals surface area contributed by atoms with Crippen molar-refractivity contribution in [3.8, 4) is 11.8 Å². The van der Waals surface area contributed by atoms with Gasteiger partial charge in [-0.15, -0.1) is 0 Å². The molecular weight excluding hydrogens is 228 g/mol. The molecule has 1 unspecified atom stereocenters. The van der Waals surface area contributed by atoms with E-state index in [2.05, 4.69) is 17.2 Å². The highest BCUT2D eigenvalue weighted by atomic mass is 16.5. The number of nitrogens with one attached hydrogen (secondary N) is 1. The van der Waals surface area contributed by atoms with E-state index in [9.17, 15) is 4.79 Å². The third-order valence-corrected chi connectivity index (χ3v) is 2.48. The van der Waals surface area contributed by atoms with Crippen LogP contribution in [0, 0.1) is 18.8 Å².